The lowest BCUT2D eigenvalue weighted by atomic mass is 10.1. The Bertz CT molecular complexity index is 914. The van der Waals surface area contributed by atoms with E-state index in [-0.39, 0.29) is 5.91 Å². The summed E-state index contributed by atoms with van der Waals surface area (Å²) in [4.78, 5) is 19.3. The predicted octanol–water partition coefficient (Wildman–Crippen LogP) is 4.01. The van der Waals surface area contributed by atoms with Gasteiger partial charge in [0.2, 0.25) is 5.82 Å². The van der Waals surface area contributed by atoms with Crippen LogP contribution in [0, 0.1) is 0 Å². The topological polar surface area (TPSA) is 71.3 Å². The van der Waals surface area contributed by atoms with E-state index in [1.807, 2.05) is 42.5 Å². The third-order valence-electron chi connectivity index (χ3n) is 5.26. The van der Waals surface area contributed by atoms with Gasteiger partial charge in [-0.2, -0.15) is 4.98 Å². The van der Waals surface area contributed by atoms with E-state index in [1.54, 1.807) is 12.1 Å². The van der Waals surface area contributed by atoms with Crippen LogP contribution in [0.1, 0.15) is 36.0 Å². The zero-order chi connectivity index (χ0) is 19.9. The Morgan fingerprint density at radius 1 is 0.931 bits per heavy atom. The lowest BCUT2D eigenvalue weighted by molar-refractivity contribution is 0.0948. The molecule has 0 aliphatic carbocycles. The standard InChI is InChI=1S/C23H26N4O2/c28-22(24-14-17-27-15-6-1-2-7-16-27)19-10-12-20(13-11-19)23-25-21(26-29-23)18-8-4-3-5-9-18/h3-5,8-13H,1-2,6-7,14-17H2,(H,24,28). The Morgan fingerprint density at radius 2 is 1.66 bits per heavy atom. The van der Waals surface area contributed by atoms with Crippen LogP contribution in [0.2, 0.25) is 0 Å². The Hall–Kier alpha value is -2.99. The summed E-state index contributed by atoms with van der Waals surface area (Å²) in [6, 6.07) is 17.0. The highest BCUT2D eigenvalue weighted by atomic mass is 16.5. The van der Waals surface area contributed by atoms with E-state index in [0.29, 0.717) is 23.8 Å². The molecule has 2 aromatic carbocycles. The van der Waals surface area contributed by atoms with Gasteiger partial charge in [0, 0.05) is 29.8 Å². The number of likely N-dealkylation sites (tertiary alicyclic amines) is 1. The van der Waals surface area contributed by atoms with E-state index in [2.05, 4.69) is 20.4 Å². The van der Waals surface area contributed by atoms with Gasteiger partial charge >= 0.3 is 0 Å². The van der Waals surface area contributed by atoms with Crippen molar-refractivity contribution in [3.05, 3.63) is 60.2 Å². The first kappa shape index (κ1) is 19.3. The number of amides is 1. The summed E-state index contributed by atoms with van der Waals surface area (Å²) in [5.41, 5.74) is 2.33. The summed E-state index contributed by atoms with van der Waals surface area (Å²) >= 11 is 0. The van der Waals surface area contributed by atoms with Crippen molar-refractivity contribution in [2.75, 3.05) is 26.2 Å². The monoisotopic (exact) mass is 390 g/mol. The lowest BCUT2D eigenvalue weighted by Crippen LogP contribution is -2.35. The van der Waals surface area contributed by atoms with Crippen molar-refractivity contribution in [3.63, 3.8) is 0 Å². The molecule has 0 radical (unpaired) electrons. The fourth-order valence-electron chi connectivity index (χ4n) is 3.60. The molecule has 4 rings (SSSR count). The molecular formula is C23H26N4O2. The Kier molecular flexibility index (Phi) is 6.32. The zero-order valence-electron chi connectivity index (χ0n) is 16.5. The van der Waals surface area contributed by atoms with Crippen molar-refractivity contribution in [1.29, 1.82) is 0 Å². The second kappa shape index (κ2) is 9.47. The normalized spacial score (nSPS) is 15.0. The van der Waals surface area contributed by atoms with Crippen LogP contribution < -0.4 is 5.32 Å². The van der Waals surface area contributed by atoms with Crippen molar-refractivity contribution in [2.24, 2.45) is 0 Å². The minimum absolute atomic E-state index is 0.0538. The first-order valence-electron chi connectivity index (χ1n) is 10.3. The summed E-state index contributed by atoms with van der Waals surface area (Å²) in [7, 11) is 0. The highest BCUT2D eigenvalue weighted by molar-refractivity contribution is 5.94. The number of hydrogen-bond acceptors (Lipinski definition) is 5. The van der Waals surface area contributed by atoms with Gasteiger partial charge in [-0.15, -0.1) is 0 Å². The van der Waals surface area contributed by atoms with Crippen LogP contribution in [-0.4, -0.2) is 47.1 Å². The summed E-state index contributed by atoms with van der Waals surface area (Å²) < 4.78 is 5.38. The molecule has 1 aliphatic rings. The SMILES string of the molecule is O=C(NCCN1CCCCCC1)c1ccc(-c2nc(-c3ccccc3)no2)cc1. The van der Waals surface area contributed by atoms with Crippen LogP contribution in [0.15, 0.2) is 59.1 Å². The Balaban J connectivity index is 1.33. The number of carbonyl (C=O) groups is 1. The third-order valence-corrected chi connectivity index (χ3v) is 5.26. The molecule has 1 N–H and O–H groups in total. The largest absolute Gasteiger partial charge is 0.351 e. The van der Waals surface area contributed by atoms with E-state index in [9.17, 15) is 4.79 Å². The molecule has 0 spiro atoms. The average molecular weight is 390 g/mol. The first-order valence-corrected chi connectivity index (χ1v) is 10.3. The van der Waals surface area contributed by atoms with Crippen LogP contribution in [0.5, 0.6) is 0 Å². The quantitative estimate of drug-likeness (QED) is 0.689. The molecule has 6 heteroatoms. The van der Waals surface area contributed by atoms with Crippen LogP contribution in [0.25, 0.3) is 22.8 Å². The molecule has 1 aromatic heterocycles. The van der Waals surface area contributed by atoms with Gasteiger partial charge in [0.05, 0.1) is 0 Å². The molecule has 3 aromatic rings. The van der Waals surface area contributed by atoms with Gasteiger partial charge in [-0.3, -0.25) is 4.79 Å². The van der Waals surface area contributed by atoms with E-state index in [1.165, 1.54) is 25.7 Å². The second-order valence-corrected chi connectivity index (χ2v) is 7.38. The lowest BCUT2D eigenvalue weighted by Gasteiger charge is -2.19. The fraction of sp³-hybridized carbons (Fsp3) is 0.348. The van der Waals surface area contributed by atoms with Gasteiger partial charge < -0.3 is 14.7 Å². The maximum Gasteiger partial charge on any atom is 0.258 e. The molecule has 0 saturated carbocycles. The summed E-state index contributed by atoms with van der Waals surface area (Å²) in [5.74, 6) is 0.940. The van der Waals surface area contributed by atoms with Gasteiger partial charge in [-0.1, -0.05) is 48.3 Å². The molecule has 0 unspecified atom stereocenters. The molecule has 0 atom stereocenters. The van der Waals surface area contributed by atoms with Crippen LogP contribution in [-0.2, 0) is 0 Å². The highest BCUT2D eigenvalue weighted by Gasteiger charge is 2.13. The summed E-state index contributed by atoms with van der Waals surface area (Å²) in [6.45, 7) is 3.86. The number of hydrogen-bond donors (Lipinski definition) is 1. The third kappa shape index (κ3) is 5.09. The zero-order valence-corrected chi connectivity index (χ0v) is 16.5. The van der Waals surface area contributed by atoms with Gasteiger partial charge in [-0.05, 0) is 50.2 Å². The number of nitrogens with zero attached hydrogens (tertiary/aromatic N) is 3. The maximum atomic E-state index is 12.4. The predicted molar refractivity (Wildman–Crippen MR) is 112 cm³/mol. The van der Waals surface area contributed by atoms with E-state index >= 15 is 0 Å². The molecule has 1 fully saturated rings. The molecule has 0 bridgehead atoms. The highest BCUT2D eigenvalue weighted by Crippen LogP contribution is 2.22. The molecule has 150 valence electrons. The molecule has 2 heterocycles. The minimum Gasteiger partial charge on any atom is -0.351 e. The van der Waals surface area contributed by atoms with Crippen molar-refractivity contribution < 1.29 is 9.32 Å². The van der Waals surface area contributed by atoms with E-state index in [0.717, 1.165) is 30.8 Å². The smallest absolute Gasteiger partial charge is 0.258 e. The summed E-state index contributed by atoms with van der Waals surface area (Å²) in [5, 5.41) is 7.06. The Labute approximate surface area is 170 Å². The Morgan fingerprint density at radius 3 is 2.38 bits per heavy atom. The maximum absolute atomic E-state index is 12.4. The second-order valence-electron chi connectivity index (χ2n) is 7.38. The van der Waals surface area contributed by atoms with Crippen molar-refractivity contribution in [3.8, 4) is 22.8 Å². The molecule has 1 amide bonds. The molecule has 1 saturated heterocycles. The van der Waals surface area contributed by atoms with E-state index in [4.69, 9.17) is 4.52 Å². The van der Waals surface area contributed by atoms with Gasteiger partial charge in [-0.25, -0.2) is 0 Å². The number of carbonyl (C=O) groups excluding carboxylic acids is 1. The molecular weight excluding hydrogens is 364 g/mol. The van der Waals surface area contributed by atoms with Crippen molar-refractivity contribution in [2.45, 2.75) is 25.7 Å². The minimum atomic E-state index is -0.0538. The molecule has 29 heavy (non-hydrogen) atoms. The number of aromatic nitrogens is 2. The average Bonchev–Trinajstić information content (AvgIpc) is 3.12. The van der Waals surface area contributed by atoms with Crippen molar-refractivity contribution in [1.82, 2.24) is 20.4 Å². The number of rotatable bonds is 6. The fourth-order valence-corrected chi connectivity index (χ4v) is 3.60. The van der Waals surface area contributed by atoms with Crippen LogP contribution in [0.4, 0.5) is 0 Å². The van der Waals surface area contributed by atoms with Crippen molar-refractivity contribution >= 4 is 5.91 Å². The van der Waals surface area contributed by atoms with Gasteiger partial charge in [0.25, 0.3) is 11.8 Å². The first-order chi connectivity index (χ1) is 14.3. The van der Waals surface area contributed by atoms with Gasteiger partial charge in [0.15, 0.2) is 0 Å². The summed E-state index contributed by atoms with van der Waals surface area (Å²) in [6.07, 6.45) is 5.17. The molecule has 1 aliphatic heterocycles. The van der Waals surface area contributed by atoms with Crippen LogP contribution >= 0.6 is 0 Å². The van der Waals surface area contributed by atoms with Gasteiger partial charge in [0.1, 0.15) is 0 Å². The molecule has 6 nitrogen and oxygen atoms in total. The van der Waals surface area contributed by atoms with E-state index < -0.39 is 0 Å². The number of nitrogens with one attached hydrogen (secondary N) is 1. The number of benzene rings is 2. The van der Waals surface area contributed by atoms with Crippen LogP contribution in [0.3, 0.4) is 0 Å².